The molecule has 2 saturated carbocycles. The van der Waals surface area contributed by atoms with Crippen molar-refractivity contribution in [3.63, 3.8) is 0 Å². The van der Waals surface area contributed by atoms with Crippen LogP contribution in [0.5, 0.6) is 0 Å². The molecule has 1 N–H and O–H groups in total. The van der Waals surface area contributed by atoms with Crippen LogP contribution in [0.2, 0.25) is 0 Å². The molecule has 3 aliphatic rings. The smallest absolute Gasteiger partial charge is 0.201 e. The molecule has 0 radical (unpaired) electrons. The van der Waals surface area contributed by atoms with E-state index < -0.39 is 5.41 Å². The van der Waals surface area contributed by atoms with Crippen molar-refractivity contribution in [1.82, 2.24) is 0 Å². The van der Waals surface area contributed by atoms with Crippen LogP contribution in [0.3, 0.4) is 0 Å². The molecule has 2 fully saturated rings. The number of aliphatic hydroxyl groups is 1. The molecule has 3 rings (SSSR count). The van der Waals surface area contributed by atoms with Gasteiger partial charge in [0.25, 0.3) is 0 Å². The summed E-state index contributed by atoms with van der Waals surface area (Å²) in [5.74, 6) is 0.149. The lowest BCUT2D eigenvalue weighted by Gasteiger charge is -2.52. The van der Waals surface area contributed by atoms with Gasteiger partial charge in [-0.25, -0.2) is 0 Å². The molecule has 3 aliphatic carbocycles. The Balaban J connectivity index is 2.27. The summed E-state index contributed by atoms with van der Waals surface area (Å²) >= 11 is 0. The van der Waals surface area contributed by atoms with Gasteiger partial charge in [-0.15, -0.1) is 0 Å². The van der Waals surface area contributed by atoms with Gasteiger partial charge in [-0.1, -0.05) is 25.5 Å². The van der Waals surface area contributed by atoms with Gasteiger partial charge in [-0.3, -0.25) is 9.59 Å². The topological polar surface area (TPSA) is 54.4 Å². The first-order valence-electron chi connectivity index (χ1n) is 8.86. The van der Waals surface area contributed by atoms with Crippen molar-refractivity contribution in [2.45, 2.75) is 53.9 Å². The number of hydrogen-bond donors (Lipinski definition) is 1. The summed E-state index contributed by atoms with van der Waals surface area (Å²) in [6.45, 7) is 10.0. The Bertz CT molecular complexity index is 623. The van der Waals surface area contributed by atoms with E-state index >= 15 is 0 Å². The number of Topliss-reactive ketones (excluding diaryl/α,β-unsaturated/α-hetero) is 2. The van der Waals surface area contributed by atoms with E-state index in [0.29, 0.717) is 5.92 Å². The summed E-state index contributed by atoms with van der Waals surface area (Å²) in [4.78, 5) is 26.3. The maximum absolute atomic E-state index is 13.4. The van der Waals surface area contributed by atoms with Gasteiger partial charge in [0.15, 0.2) is 11.5 Å². The van der Waals surface area contributed by atoms with E-state index in [9.17, 15) is 14.7 Å². The van der Waals surface area contributed by atoms with Crippen LogP contribution in [0.25, 0.3) is 0 Å². The van der Waals surface area contributed by atoms with Crippen LogP contribution in [-0.2, 0) is 9.59 Å². The molecule has 0 saturated heterocycles. The second kappa shape index (κ2) is 5.32. The predicted octanol–water partition coefficient (Wildman–Crippen LogP) is 4.24. The van der Waals surface area contributed by atoms with E-state index in [-0.39, 0.29) is 46.6 Å². The summed E-state index contributed by atoms with van der Waals surface area (Å²) < 4.78 is 0. The number of rotatable bonds is 1. The van der Waals surface area contributed by atoms with E-state index in [1.165, 1.54) is 5.57 Å². The zero-order chi connectivity index (χ0) is 17.1. The number of ketones is 2. The zero-order valence-corrected chi connectivity index (χ0v) is 14.8. The molecule has 0 bridgehead atoms. The molecule has 0 aromatic carbocycles. The first kappa shape index (κ1) is 16.5. The molecule has 6 atom stereocenters. The van der Waals surface area contributed by atoms with E-state index in [0.717, 1.165) is 19.3 Å². The molecule has 6 unspecified atom stereocenters. The zero-order valence-electron chi connectivity index (χ0n) is 14.8. The maximum Gasteiger partial charge on any atom is 0.201 e. The Hall–Kier alpha value is -1.38. The minimum absolute atomic E-state index is 0.0306. The Kier molecular flexibility index (Phi) is 3.81. The summed E-state index contributed by atoms with van der Waals surface area (Å²) in [5, 5.41) is 10.2. The Labute approximate surface area is 138 Å². The largest absolute Gasteiger partial charge is 0.504 e. The summed E-state index contributed by atoms with van der Waals surface area (Å²) in [5.41, 5.74) is 0.861. The van der Waals surface area contributed by atoms with Crippen molar-refractivity contribution in [2.24, 2.45) is 35.0 Å². The van der Waals surface area contributed by atoms with E-state index in [1.807, 2.05) is 0 Å². The third-order valence-corrected chi connectivity index (χ3v) is 6.70. The van der Waals surface area contributed by atoms with Crippen LogP contribution in [-0.4, -0.2) is 16.7 Å². The molecule has 0 heterocycles. The highest BCUT2D eigenvalue weighted by atomic mass is 16.3. The summed E-state index contributed by atoms with van der Waals surface area (Å²) in [6.07, 6.45) is 5.15. The molecule has 3 nitrogen and oxygen atoms in total. The third kappa shape index (κ3) is 2.01. The summed E-state index contributed by atoms with van der Waals surface area (Å²) in [7, 11) is 0. The Morgan fingerprint density at radius 2 is 1.83 bits per heavy atom. The highest BCUT2D eigenvalue weighted by Gasteiger charge is 2.67. The second-order valence-corrected chi connectivity index (χ2v) is 8.30. The fourth-order valence-corrected chi connectivity index (χ4v) is 5.90. The second-order valence-electron chi connectivity index (χ2n) is 8.30. The van der Waals surface area contributed by atoms with E-state index in [1.54, 1.807) is 6.92 Å². The van der Waals surface area contributed by atoms with Crippen molar-refractivity contribution < 1.29 is 14.7 Å². The van der Waals surface area contributed by atoms with Gasteiger partial charge in [0.05, 0.1) is 5.41 Å². The maximum atomic E-state index is 13.4. The molecule has 0 aromatic rings. The van der Waals surface area contributed by atoms with Gasteiger partial charge < -0.3 is 5.11 Å². The predicted molar refractivity (Wildman–Crippen MR) is 89.9 cm³/mol. The number of carbonyl (C=O) groups is 2. The van der Waals surface area contributed by atoms with Crippen LogP contribution in [0.4, 0.5) is 0 Å². The lowest BCUT2D eigenvalue weighted by atomic mass is 9.48. The molecule has 3 heteroatoms. The molecule has 0 amide bonds. The highest BCUT2D eigenvalue weighted by Crippen LogP contribution is 2.65. The minimum atomic E-state index is -0.623. The van der Waals surface area contributed by atoms with Gasteiger partial charge in [-0.2, -0.15) is 0 Å². The number of carbonyl (C=O) groups excluding carboxylic acids is 2. The van der Waals surface area contributed by atoms with Crippen molar-refractivity contribution in [3.8, 4) is 0 Å². The van der Waals surface area contributed by atoms with E-state index in [4.69, 9.17) is 0 Å². The minimum Gasteiger partial charge on any atom is -0.504 e. The molecular formula is C20H28O3. The normalized spacial score (nSPS) is 43.3. The van der Waals surface area contributed by atoms with Crippen LogP contribution in [0.15, 0.2) is 23.0 Å². The number of hydrogen-bond acceptors (Lipinski definition) is 3. The highest BCUT2D eigenvalue weighted by molar-refractivity contribution is 6.15. The molecule has 0 aromatic heterocycles. The monoisotopic (exact) mass is 316 g/mol. The molecular weight excluding hydrogens is 288 g/mol. The molecule has 23 heavy (non-hydrogen) atoms. The van der Waals surface area contributed by atoms with Crippen LogP contribution in [0, 0.1) is 35.0 Å². The molecule has 0 aliphatic heterocycles. The van der Waals surface area contributed by atoms with Crippen molar-refractivity contribution in [1.29, 1.82) is 0 Å². The quantitative estimate of drug-likeness (QED) is 0.736. The van der Waals surface area contributed by atoms with Crippen molar-refractivity contribution in [3.05, 3.63) is 23.0 Å². The summed E-state index contributed by atoms with van der Waals surface area (Å²) in [6, 6.07) is 0. The first-order valence-corrected chi connectivity index (χ1v) is 8.86. The van der Waals surface area contributed by atoms with Crippen LogP contribution in [0.1, 0.15) is 53.9 Å². The molecule has 1 spiro atoms. The fraction of sp³-hybridized carbons (Fsp3) is 0.700. The van der Waals surface area contributed by atoms with Crippen LogP contribution >= 0.6 is 0 Å². The van der Waals surface area contributed by atoms with Crippen LogP contribution < -0.4 is 0 Å². The van der Waals surface area contributed by atoms with Gasteiger partial charge >= 0.3 is 0 Å². The number of aliphatic hydroxyl groups excluding tert-OH is 1. The lowest BCUT2D eigenvalue weighted by Crippen LogP contribution is -2.57. The van der Waals surface area contributed by atoms with Gasteiger partial charge in [0, 0.05) is 11.5 Å². The van der Waals surface area contributed by atoms with Gasteiger partial charge in [0.1, 0.15) is 0 Å². The molecule has 126 valence electrons. The van der Waals surface area contributed by atoms with Gasteiger partial charge in [0.2, 0.25) is 5.78 Å². The van der Waals surface area contributed by atoms with E-state index in [2.05, 4.69) is 33.8 Å². The third-order valence-electron chi connectivity index (χ3n) is 6.70. The Morgan fingerprint density at radius 3 is 2.43 bits per heavy atom. The first-order chi connectivity index (χ1) is 10.7. The van der Waals surface area contributed by atoms with Gasteiger partial charge in [-0.05, 0) is 63.7 Å². The average molecular weight is 316 g/mol. The lowest BCUT2D eigenvalue weighted by molar-refractivity contribution is -0.152. The van der Waals surface area contributed by atoms with Crippen molar-refractivity contribution >= 4 is 11.6 Å². The average Bonchev–Trinajstić information content (AvgIpc) is 2.75. The fourth-order valence-electron chi connectivity index (χ4n) is 5.90. The SMILES string of the molecule is CC(C)=CC1CC(C)C2CCC(C)C3C(=O)C(O)=C(C)C(=O)C123. The Morgan fingerprint density at radius 1 is 1.17 bits per heavy atom. The van der Waals surface area contributed by atoms with Crippen molar-refractivity contribution in [2.75, 3.05) is 0 Å². The number of allylic oxidation sites excluding steroid dienone is 4. The standard InChI is InChI=1S/C20H28O3/c1-10(2)8-14-9-12(4)15-7-6-11(3)16-18(22)17(21)13(5)19(23)20(14,15)16/h8,11-12,14-16,21H,6-7,9H2,1-5H3.